The average Bonchev–Trinajstić information content (AvgIpc) is 2.79. The van der Waals surface area contributed by atoms with Gasteiger partial charge in [0.05, 0.1) is 12.7 Å². The van der Waals surface area contributed by atoms with Crippen LogP contribution in [0.25, 0.3) is 10.8 Å². The van der Waals surface area contributed by atoms with Gasteiger partial charge < -0.3 is 9.84 Å². The lowest BCUT2D eigenvalue weighted by atomic mass is 9.62. The topological polar surface area (TPSA) is 46.5 Å². The number of methoxy groups -OCH3 is 1. The number of carbonyl (C=O) groups is 1. The van der Waals surface area contributed by atoms with Crippen molar-refractivity contribution < 1.29 is 27.8 Å². The van der Waals surface area contributed by atoms with Crippen molar-refractivity contribution in [1.29, 1.82) is 0 Å². The molecule has 0 heterocycles. The van der Waals surface area contributed by atoms with E-state index in [0.29, 0.717) is 16.3 Å². The molecule has 1 unspecified atom stereocenters. The molecule has 1 aliphatic carbocycles. The Hall–Kier alpha value is -2.86. The molecule has 1 N–H and O–H groups in total. The highest BCUT2D eigenvalue weighted by Gasteiger charge is 2.57. The molecule has 0 fully saturated rings. The monoisotopic (exact) mass is 470 g/mol. The van der Waals surface area contributed by atoms with Crippen molar-refractivity contribution in [2.45, 2.75) is 63.1 Å². The van der Waals surface area contributed by atoms with E-state index in [1.165, 1.54) is 43.5 Å². The second-order valence-electron chi connectivity index (χ2n) is 10.5. The number of halogens is 3. The second kappa shape index (κ2) is 7.84. The summed E-state index contributed by atoms with van der Waals surface area (Å²) >= 11 is 0. The normalized spacial score (nSPS) is 18.7. The van der Waals surface area contributed by atoms with Crippen molar-refractivity contribution in [3.8, 4) is 0 Å². The first-order valence-corrected chi connectivity index (χ1v) is 11.3. The Labute approximate surface area is 197 Å². The number of hydrogen-bond donors (Lipinski definition) is 1. The fraction of sp³-hybridized carbons (Fsp3) is 0.393. The number of hydrogen-bond acceptors (Lipinski definition) is 3. The Morgan fingerprint density at radius 1 is 0.824 bits per heavy atom. The molecule has 180 valence electrons. The first-order valence-electron chi connectivity index (χ1n) is 11.3. The maximum Gasteiger partial charge on any atom is 0.425 e. The van der Waals surface area contributed by atoms with Gasteiger partial charge in [-0.25, -0.2) is 4.79 Å². The van der Waals surface area contributed by atoms with Gasteiger partial charge in [0, 0.05) is 0 Å². The Morgan fingerprint density at radius 2 is 1.35 bits per heavy atom. The smallest absolute Gasteiger partial charge is 0.425 e. The van der Waals surface area contributed by atoms with Crippen LogP contribution in [-0.4, -0.2) is 24.4 Å². The van der Waals surface area contributed by atoms with Gasteiger partial charge >= 0.3 is 12.1 Å². The summed E-state index contributed by atoms with van der Waals surface area (Å²) in [6.07, 6.45) is -3.16. The van der Waals surface area contributed by atoms with E-state index in [2.05, 4.69) is 13.8 Å². The summed E-state index contributed by atoms with van der Waals surface area (Å²) in [6, 6.07) is 13.4. The quantitative estimate of drug-likeness (QED) is 0.430. The number of rotatable bonds is 3. The maximum atomic E-state index is 14.6. The zero-order valence-corrected chi connectivity index (χ0v) is 20.0. The van der Waals surface area contributed by atoms with Crippen molar-refractivity contribution in [2.75, 3.05) is 7.11 Å². The summed E-state index contributed by atoms with van der Waals surface area (Å²) in [5, 5.41) is 12.4. The molecule has 4 rings (SSSR count). The molecule has 0 amide bonds. The van der Waals surface area contributed by atoms with Gasteiger partial charge in [-0.15, -0.1) is 0 Å². The minimum atomic E-state index is -4.95. The Bertz CT molecular complexity index is 1270. The number of carbonyl (C=O) groups excluding carboxylic acids is 1. The molecule has 0 saturated heterocycles. The minimum absolute atomic E-state index is 0.153. The van der Waals surface area contributed by atoms with Crippen molar-refractivity contribution >= 4 is 16.7 Å². The summed E-state index contributed by atoms with van der Waals surface area (Å²) in [4.78, 5) is 11.8. The zero-order chi connectivity index (χ0) is 25.1. The van der Waals surface area contributed by atoms with E-state index in [-0.39, 0.29) is 22.0 Å². The van der Waals surface area contributed by atoms with E-state index in [4.69, 9.17) is 4.74 Å². The van der Waals surface area contributed by atoms with Crippen LogP contribution in [0.15, 0.2) is 54.6 Å². The van der Waals surface area contributed by atoms with Gasteiger partial charge in [0.25, 0.3) is 0 Å². The molecule has 3 aromatic rings. The van der Waals surface area contributed by atoms with Crippen LogP contribution in [0.3, 0.4) is 0 Å². The molecule has 0 spiro atoms. The van der Waals surface area contributed by atoms with Crippen LogP contribution in [0, 0.1) is 0 Å². The molecule has 0 aliphatic heterocycles. The second-order valence-corrected chi connectivity index (χ2v) is 10.5. The molecular formula is C28H29F3O3. The van der Waals surface area contributed by atoms with E-state index in [1.54, 1.807) is 18.2 Å². The Morgan fingerprint density at radius 3 is 1.97 bits per heavy atom. The SMILES string of the molecule is COC(=O)c1ccc2cc(C(O)(c3ccc4c(c3)C(C)(C)CCC4(C)C)C(F)(F)F)ccc2c1. The molecule has 0 radical (unpaired) electrons. The van der Waals surface area contributed by atoms with Crippen LogP contribution < -0.4 is 0 Å². The summed E-state index contributed by atoms with van der Waals surface area (Å²) in [5.74, 6) is -0.530. The number of fused-ring (bicyclic) bond motifs is 2. The highest BCUT2D eigenvalue weighted by molar-refractivity contribution is 5.95. The fourth-order valence-electron chi connectivity index (χ4n) is 5.02. The third-order valence-corrected chi connectivity index (χ3v) is 7.36. The van der Waals surface area contributed by atoms with Crippen LogP contribution >= 0.6 is 0 Å². The van der Waals surface area contributed by atoms with Gasteiger partial charge in [-0.1, -0.05) is 64.1 Å². The number of alkyl halides is 3. The van der Waals surface area contributed by atoms with Crippen LogP contribution in [0.2, 0.25) is 0 Å². The van der Waals surface area contributed by atoms with Gasteiger partial charge in [0.15, 0.2) is 0 Å². The standard InChI is InChI=1S/C28H29F3O3/c1-25(2)12-13-26(3,4)23-16-21(10-11-22(23)25)27(33,28(29,30)31)20-9-8-17-14-19(24(32)34-5)7-6-18(17)15-20/h6-11,14-16,33H,12-13H2,1-5H3. The third-order valence-electron chi connectivity index (χ3n) is 7.36. The van der Waals surface area contributed by atoms with E-state index < -0.39 is 17.7 Å². The van der Waals surface area contributed by atoms with E-state index in [9.17, 15) is 23.1 Å². The molecule has 3 nitrogen and oxygen atoms in total. The molecule has 34 heavy (non-hydrogen) atoms. The van der Waals surface area contributed by atoms with E-state index in [0.717, 1.165) is 24.0 Å². The van der Waals surface area contributed by atoms with E-state index in [1.807, 2.05) is 13.8 Å². The van der Waals surface area contributed by atoms with Crippen molar-refractivity contribution in [2.24, 2.45) is 0 Å². The maximum absolute atomic E-state index is 14.6. The molecular weight excluding hydrogens is 441 g/mol. The molecule has 0 aromatic heterocycles. The predicted molar refractivity (Wildman–Crippen MR) is 126 cm³/mol. The summed E-state index contributed by atoms with van der Waals surface area (Å²) < 4.78 is 48.4. The summed E-state index contributed by atoms with van der Waals surface area (Å²) in [5.41, 5.74) is -1.96. The lowest BCUT2D eigenvalue weighted by molar-refractivity contribution is -0.248. The van der Waals surface area contributed by atoms with Crippen LogP contribution in [0.1, 0.15) is 73.1 Å². The highest BCUT2D eigenvalue weighted by atomic mass is 19.4. The lowest BCUT2D eigenvalue weighted by Gasteiger charge is -2.43. The molecule has 6 heteroatoms. The minimum Gasteiger partial charge on any atom is -0.465 e. The van der Waals surface area contributed by atoms with Crippen LogP contribution in [0.5, 0.6) is 0 Å². The lowest BCUT2D eigenvalue weighted by Crippen LogP contribution is -2.44. The largest absolute Gasteiger partial charge is 0.465 e. The van der Waals surface area contributed by atoms with Crippen LogP contribution in [-0.2, 0) is 21.2 Å². The van der Waals surface area contributed by atoms with Gasteiger partial charge in [-0.2, -0.15) is 13.2 Å². The number of esters is 1. The van der Waals surface area contributed by atoms with Gasteiger partial charge in [0.2, 0.25) is 5.60 Å². The Kier molecular flexibility index (Phi) is 5.60. The van der Waals surface area contributed by atoms with E-state index >= 15 is 0 Å². The molecule has 1 aliphatic rings. The van der Waals surface area contributed by atoms with Crippen molar-refractivity contribution in [3.63, 3.8) is 0 Å². The van der Waals surface area contributed by atoms with Gasteiger partial charge in [0.1, 0.15) is 0 Å². The fourth-order valence-corrected chi connectivity index (χ4v) is 5.02. The van der Waals surface area contributed by atoms with Gasteiger partial charge in [-0.05, 0) is 74.9 Å². The zero-order valence-electron chi connectivity index (χ0n) is 20.0. The first-order chi connectivity index (χ1) is 15.7. The summed E-state index contributed by atoms with van der Waals surface area (Å²) in [7, 11) is 1.26. The highest BCUT2D eigenvalue weighted by Crippen LogP contribution is 2.50. The number of benzene rings is 3. The average molecular weight is 471 g/mol. The Balaban J connectivity index is 1.90. The first kappa shape index (κ1) is 24.3. The number of ether oxygens (including phenoxy) is 1. The van der Waals surface area contributed by atoms with Crippen molar-refractivity contribution in [3.05, 3.63) is 82.4 Å². The van der Waals surface area contributed by atoms with Gasteiger partial charge in [-0.3, -0.25) is 0 Å². The molecule has 0 saturated carbocycles. The van der Waals surface area contributed by atoms with Crippen LogP contribution in [0.4, 0.5) is 13.2 Å². The van der Waals surface area contributed by atoms with Crippen molar-refractivity contribution in [1.82, 2.24) is 0 Å². The number of aliphatic hydroxyl groups is 1. The third kappa shape index (κ3) is 3.78. The molecule has 3 aromatic carbocycles. The molecule has 0 bridgehead atoms. The summed E-state index contributed by atoms with van der Waals surface area (Å²) in [6.45, 7) is 8.27. The molecule has 1 atom stereocenters. The predicted octanol–water partition coefficient (Wildman–Crippen LogP) is 6.77.